The number of aryl methyl sites for hydroxylation is 2. The molecule has 2 aliphatic carbocycles. The second-order valence-corrected chi connectivity index (χ2v) is 11.2. The maximum Gasteiger partial charge on any atom is 0.145 e. The van der Waals surface area contributed by atoms with Crippen LogP contribution in [0.3, 0.4) is 0 Å². The van der Waals surface area contributed by atoms with Gasteiger partial charge in [0.05, 0.1) is 0 Å². The third-order valence-electron chi connectivity index (χ3n) is 8.65. The summed E-state index contributed by atoms with van der Waals surface area (Å²) in [4.78, 5) is 0. The van der Waals surface area contributed by atoms with E-state index in [2.05, 4.69) is 13.0 Å². The molecule has 0 amide bonds. The van der Waals surface area contributed by atoms with Crippen LogP contribution in [0.1, 0.15) is 100 Å². The molecule has 2 aromatic rings. The highest BCUT2D eigenvalue weighted by Crippen LogP contribution is 2.40. The molecule has 0 unspecified atom stereocenters. The van der Waals surface area contributed by atoms with E-state index < -0.39 is 16.7 Å². The molecule has 0 saturated heterocycles. The molecule has 2 saturated carbocycles. The van der Waals surface area contributed by atoms with Crippen LogP contribution in [0.4, 0.5) is 13.2 Å². The predicted octanol–water partition coefficient (Wildman–Crippen LogP) is 9.81. The molecule has 0 heterocycles. The smallest absolute Gasteiger partial charge is 0.145 e. The van der Waals surface area contributed by atoms with Gasteiger partial charge < -0.3 is 0 Å². The first kappa shape index (κ1) is 25.6. The standard InChI is InChI=1S/C30H38ClF3/c1-2-20-3-5-21(6-4-20)7-8-22-9-12-24(13-10-22)26-16-15-25(27(32)19-26)14-11-23-17-28(33)30(31)29(34)18-23/h15-22,24H,2-14H2,1H3/t20-,21-,22-,24-. The number of hydrogen-bond acceptors (Lipinski definition) is 0. The minimum Gasteiger partial charge on any atom is -0.207 e. The van der Waals surface area contributed by atoms with E-state index >= 15 is 0 Å². The van der Waals surface area contributed by atoms with Gasteiger partial charge in [0.15, 0.2) is 0 Å². The fraction of sp³-hybridized carbons (Fsp3) is 0.600. The number of hydrogen-bond donors (Lipinski definition) is 0. The summed E-state index contributed by atoms with van der Waals surface area (Å²) < 4.78 is 42.1. The van der Waals surface area contributed by atoms with Crippen molar-refractivity contribution in [2.24, 2.45) is 17.8 Å². The summed E-state index contributed by atoms with van der Waals surface area (Å²) in [5, 5.41) is -0.492. The summed E-state index contributed by atoms with van der Waals surface area (Å²) in [7, 11) is 0. The predicted molar refractivity (Wildman–Crippen MR) is 135 cm³/mol. The minimum atomic E-state index is -0.771. The molecule has 186 valence electrons. The Hall–Kier alpha value is -1.48. The minimum absolute atomic E-state index is 0.211. The van der Waals surface area contributed by atoms with Gasteiger partial charge in [-0.3, -0.25) is 0 Å². The van der Waals surface area contributed by atoms with Crippen LogP contribution >= 0.6 is 11.6 Å². The van der Waals surface area contributed by atoms with Crippen molar-refractivity contribution in [3.8, 4) is 0 Å². The second kappa shape index (κ2) is 12.0. The zero-order chi connectivity index (χ0) is 24.1. The van der Waals surface area contributed by atoms with Crippen LogP contribution in [0.15, 0.2) is 30.3 Å². The average molecular weight is 491 g/mol. The summed E-state index contributed by atoms with van der Waals surface area (Å²) in [5.74, 6) is 1.45. The Kier molecular flexibility index (Phi) is 9.02. The maximum absolute atomic E-state index is 14.8. The molecule has 0 radical (unpaired) electrons. The Morgan fingerprint density at radius 1 is 0.706 bits per heavy atom. The summed E-state index contributed by atoms with van der Waals surface area (Å²) in [6.45, 7) is 2.33. The van der Waals surface area contributed by atoms with Crippen molar-refractivity contribution in [2.75, 3.05) is 0 Å². The van der Waals surface area contributed by atoms with Gasteiger partial charge in [0.1, 0.15) is 22.5 Å². The van der Waals surface area contributed by atoms with Crippen molar-refractivity contribution >= 4 is 11.6 Å². The molecular weight excluding hydrogens is 453 g/mol. The zero-order valence-corrected chi connectivity index (χ0v) is 21.2. The van der Waals surface area contributed by atoms with Crippen LogP contribution in [0, 0.1) is 35.2 Å². The highest BCUT2D eigenvalue weighted by molar-refractivity contribution is 6.30. The lowest BCUT2D eigenvalue weighted by Crippen LogP contribution is -2.17. The number of rotatable bonds is 8. The molecule has 0 bridgehead atoms. The van der Waals surface area contributed by atoms with Crippen molar-refractivity contribution in [1.29, 1.82) is 0 Å². The molecule has 0 atom stereocenters. The van der Waals surface area contributed by atoms with E-state index in [0.717, 1.165) is 36.2 Å². The first-order chi connectivity index (χ1) is 16.4. The third kappa shape index (κ3) is 6.59. The van der Waals surface area contributed by atoms with E-state index in [0.29, 0.717) is 29.9 Å². The van der Waals surface area contributed by atoms with Gasteiger partial charge in [0.2, 0.25) is 0 Å². The summed E-state index contributed by atoms with van der Waals surface area (Å²) in [6, 6.07) is 8.05. The van der Waals surface area contributed by atoms with Gasteiger partial charge in [-0.15, -0.1) is 0 Å². The van der Waals surface area contributed by atoms with Gasteiger partial charge in [0.25, 0.3) is 0 Å². The Bertz CT molecular complexity index is 917. The first-order valence-corrected chi connectivity index (χ1v) is 13.7. The molecule has 0 aromatic heterocycles. The van der Waals surface area contributed by atoms with Crippen LogP contribution in [0.5, 0.6) is 0 Å². The molecule has 2 fully saturated rings. The van der Waals surface area contributed by atoms with Crippen LogP contribution in [-0.2, 0) is 12.8 Å². The van der Waals surface area contributed by atoms with E-state index in [1.54, 1.807) is 6.07 Å². The first-order valence-electron chi connectivity index (χ1n) is 13.3. The van der Waals surface area contributed by atoms with Crippen molar-refractivity contribution in [3.05, 3.63) is 69.5 Å². The summed E-state index contributed by atoms with van der Waals surface area (Å²) >= 11 is 5.54. The summed E-state index contributed by atoms with van der Waals surface area (Å²) in [5.41, 5.74) is 2.17. The van der Waals surface area contributed by atoms with Gasteiger partial charge in [-0.05, 0) is 97.1 Å². The molecule has 4 heteroatoms. The fourth-order valence-corrected chi connectivity index (χ4v) is 6.34. The van der Waals surface area contributed by atoms with Crippen LogP contribution in [0.2, 0.25) is 5.02 Å². The van der Waals surface area contributed by atoms with Crippen molar-refractivity contribution < 1.29 is 13.2 Å². The van der Waals surface area contributed by atoms with Gasteiger partial charge in [-0.25, -0.2) is 13.2 Å². The molecular formula is C30H38ClF3. The van der Waals surface area contributed by atoms with E-state index in [9.17, 15) is 13.2 Å². The van der Waals surface area contributed by atoms with Crippen LogP contribution in [-0.4, -0.2) is 0 Å². The highest BCUT2D eigenvalue weighted by Gasteiger charge is 2.25. The van der Waals surface area contributed by atoms with E-state index in [1.165, 1.54) is 69.9 Å². The molecule has 0 aliphatic heterocycles. The van der Waals surface area contributed by atoms with E-state index in [1.807, 2.05) is 6.07 Å². The van der Waals surface area contributed by atoms with Crippen molar-refractivity contribution in [2.45, 2.75) is 96.3 Å². The Morgan fingerprint density at radius 3 is 1.82 bits per heavy atom. The normalized spacial score (nSPS) is 25.4. The monoisotopic (exact) mass is 490 g/mol. The van der Waals surface area contributed by atoms with Gasteiger partial charge >= 0.3 is 0 Å². The lowest BCUT2D eigenvalue weighted by Gasteiger charge is -2.32. The molecule has 0 N–H and O–H groups in total. The molecule has 0 nitrogen and oxygen atoms in total. The number of halogens is 4. The Labute approximate surface area is 208 Å². The highest BCUT2D eigenvalue weighted by atomic mass is 35.5. The van der Waals surface area contributed by atoms with Crippen LogP contribution < -0.4 is 0 Å². The van der Waals surface area contributed by atoms with Gasteiger partial charge in [0, 0.05) is 0 Å². The topological polar surface area (TPSA) is 0 Å². The molecule has 2 aromatic carbocycles. The zero-order valence-electron chi connectivity index (χ0n) is 20.4. The third-order valence-corrected chi connectivity index (χ3v) is 9.01. The Balaban J connectivity index is 1.23. The van der Waals surface area contributed by atoms with E-state index in [4.69, 9.17) is 11.6 Å². The van der Waals surface area contributed by atoms with Gasteiger partial charge in [-0.2, -0.15) is 0 Å². The lowest BCUT2D eigenvalue weighted by molar-refractivity contribution is 0.227. The lowest BCUT2D eigenvalue weighted by atomic mass is 9.74. The quantitative estimate of drug-likeness (QED) is 0.323. The van der Waals surface area contributed by atoms with Crippen molar-refractivity contribution in [3.63, 3.8) is 0 Å². The summed E-state index contributed by atoms with van der Waals surface area (Å²) in [6.07, 6.45) is 15.4. The van der Waals surface area contributed by atoms with Gasteiger partial charge in [-0.1, -0.05) is 75.6 Å². The molecule has 34 heavy (non-hydrogen) atoms. The average Bonchev–Trinajstić information content (AvgIpc) is 2.86. The van der Waals surface area contributed by atoms with Crippen LogP contribution in [0.25, 0.3) is 0 Å². The fourth-order valence-electron chi connectivity index (χ4n) is 6.24. The molecule has 2 aliphatic rings. The SMILES string of the molecule is CC[C@H]1CC[C@H](CC[C@H]2CC[C@H](c3ccc(CCc4cc(F)c(Cl)c(F)c4)c(F)c3)CC2)CC1. The largest absolute Gasteiger partial charge is 0.207 e. The molecule has 0 spiro atoms. The Morgan fingerprint density at radius 2 is 1.26 bits per heavy atom. The molecule has 4 rings (SSSR count). The number of benzene rings is 2. The second-order valence-electron chi connectivity index (χ2n) is 10.8. The van der Waals surface area contributed by atoms with Crippen molar-refractivity contribution in [1.82, 2.24) is 0 Å². The van der Waals surface area contributed by atoms with E-state index in [-0.39, 0.29) is 5.82 Å². The maximum atomic E-state index is 14.8.